The van der Waals surface area contributed by atoms with Crippen LogP contribution in [-0.2, 0) is 0 Å². The van der Waals surface area contributed by atoms with E-state index in [0.29, 0.717) is 23.1 Å². The van der Waals surface area contributed by atoms with Crippen molar-refractivity contribution in [3.05, 3.63) is 35.5 Å². The normalized spacial score (nSPS) is 9.70. The van der Waals surface area contributed by atoms with Gasteiger partial charge in [-0.1, -0.05) is 6.07 Å². The lowest BCUT2D eigenvalue weighted by Gasteiger charge is -2.10. The molecule has 0 bridgehead atoms. The maximum atomic E-state index is 9.02. The molecule has 6 nitrogen and oxygen atoms in total. The average Bonchev–Trinajstić information content (AvgIpc) is 2.49. The Hall–Kier alpha value is -2.81. The Kier molecular flexibility index (Phi) is 4.01. The van der Waals surface area contributed by atoms with Crippen molar-refractivity contribution in [1.29, 1.82) is 5.26 Å². The van der Waals surface area contributed by atoms with E-state index >= 15 is 0 Å². The van der Waals surface area contributed by atoms with E-state index < -0.39 is 0 Å². The summed E-state index contributed by atoms with van der Waals surface area (Å²) in [6.07, 6.45) is 1.58. The number of nitrogens with one attached hydrogen (secondary N) is 2. The van der Waals surface area contributed by atoms with Crippen molar-refractivity contribution in [2.24, 2.45) is 0 Å². The van der Waals surface area contributed by atoms with E-state index in [0.717, 1.165) is 11.3 Å². The summed E-state index contributed by atoms with van der Waals surface area (Å²) in [4.78, 5) is 8.46. The predicted molar refractivity (Wildman–Crippen MR) is 77.3 cm³/mol. The number of aryl methyl sites for hydroxylation is 1. The molecule has 0 saturated heterocycles. The van der Waals surface area contributed by atoms with Crippen LogP contribution in [-0.4, -0.2) is 24.1 Å². The third kappa shape index (κ3) is 2.78. The summed E-state index contributed by atoms with van der Waals surface area (Å²) >= 11 is 0. The molecule has 0 amide bonds. The summed E-state index contributed by atoms with van der Waals surface area (Å²) in [6, 6.07) is 7.67. The van der Waals surface area contributed by atoms with Gasteiger partial charge >= 0.3 is 0 Å². The van der Waals surface area contributed by atoms with Crippen LogP contribution >= 0.6 is 0 Å². The van der Waals surface area contributed by atoms with E-state index in [9.17, 15) is 0 Å². The first-order valence-corrected chi connectivity index (χ1v) is 6.04. The van der Waals surface area contributed by atoms with Gasteiger partial charge in [-0.2, -0.15) is 10.2 Å². The van der Waals surface area contributed by atoms with E-state index in [1.807, 2.05) is 19.1 Å². The van der Waals surface area contributed by atoms with Crippen molar-refractivity contribution >= 4 is 17.5 Å². The molecule has 0 aliphatic rings. The zero-order chi connectivity index (χ0) is 14.5. The molecular formula is C14H15N5O. The minimum Gasteiger partial charge on any atom is -0.491 e. The molecule has 0 unspecified atom stereocenters. The van der Waals surface area contributed by atoms with Crippen molar-refractivity contribution in [1.82, 2.24) is 9.97 Å². The zero-order valence-electron chi connectivity index (χ0n) is 11.6. The van der Waals surface area contributed by atoms with E-state index in [1.165, 1.54) is 0 Å². The number of hydrogen-bond donors (Lipinski definition) is 2. The number of nitriles is 1. The number of methoxy groups -OCH3 is 1. The third-order valence-corrected chi connectivity index (χ3v) is 2.83. The topological polar surface area (TPSA) is 82.9 Å². The SMILES string of the molecule is CNc1nc(Nc2ccc(C)c(C#N)c2)ncc1OC. The third-order valence-electron chi connectivity index (χ3n) is 2.83. The van der Waals surface area contributed by atoms with Crippen LogP contribution in [0.1, 0.15) is 11.1 Å². The van der Waals surface area contributed by atoms with Crippen molar-refractivity contribution in [2.75, 3.05) is 24.8 Å². The van der Waals surface area contributed by atoms with Gasteiger partial charge in [-0.3, -0.25) is 0 Å². The van der Waals surface area contributed by atoms with Gasteiger partial charge in [-0.15, -0.1) is 0 Å². The van der Waals surface area contributed by atoms with Gasteiger partial charge in [0.25, 0.3) is 0 Å². The number of hydrogen-bond acceptors (Lipinski definition) is 6. The minimum atomic E-state index is 0.433. The van der Waals surface area contributed by atoms with E-state index in [-0.39, 0.29) is 0 Å². The lowest BCUT2D eigenvalue weighted by atomic mass is 10.1. The number of anilines is 3. The first kappa shape index (κ1) is 13.6. The van der Waals surface area contributed by atoms with Gasteiger partial charge in [0.15, 0.2) is 11.6 Å². The monoisotopic (exact) mass is 269 g/mol. The van der Waals surface area contributed by atoms with Gasteiger partial charge < -0.3 is 15.4 Å². The first-order valence-electron chi connectivity index (χ1n) is 6.04. The summed E-state index contributed by atoms with van der Waals surface area (Å²) in [6.45, 7) is 1.89. The molecule has 102 valence electrons. The smallest absolute Gasteiger partial charge is 0.229 e. The average molecular weight is 269 g/mol. The molecule has 0 spiro atoms. The summed E-state index contributed by atoms with van der Waals surface area (Å²) in [5.74, 6) is 1.60. The lowest BCUT2D eigenvalue weighted by molar-refractivity contribution is 0.413. The fraction of sp³-hybridized carbons (Fsp3) is 0.214. The Balaban J connectivity index is 2.28. The number of ether oxygens (including phenoxy) is 1. The van der Waals surface area contributed by atoms with E-state index in [2.05, 4.69) is 26.7 Å². The highest BCUT2D eigenvalue weighted by molar-refractivity contribution is 5.60. The van der Waals surface area contributed by atoms with Gasteiger partial charge in [0.05, 0.1) is 24.9 Å². The summed E-state index contributed by atoms with van der Waals surface area (Å²) < 4.78 is 5.14. The van der Waals surface area contributed by atoms with Crippen LogP contribution in [0, 0.1) is 18.3 Å². The molecule has 0 aliphatic carbocycles. The van der Waals surface area contributed by atoms with Crippen molar-refractivity contribution in [3.8, 4) is 11.8 Å². The number of nitrogens with zero attached hydrogens (tertiary/aromatic N) is 3. The van der Waals surface area contributed by atoms with Crippen molar-refractivity contribution in [3.63, 3.8) is 0 Å². The van der Waals surface area contributed by atoms with Gasteiger partial charge in [-0.05, 0) is 24.6 Å². The minimum absolute atomic E-state index is 0.433. The second-order valence-electron chi connectivity index (χ2n) is 4.13. The Morgan fingerprint density at radius 2 is 2.15 bits per heavy atom. The fourth-order valence-electron chi connectivity index (χ4n) is 1.71. The van der Waals surface area contributed by atoms with Gasteiger partial charge in [0.1, 0.15) is 0 Å². The zero-order valence-corrected chi connectivity index (χ0v) is 11.6. The molecule has 2 aromatic rings. The molecule has 0 aliphatic heterocycles. The highest BCUT2D eigenvalue weighted by Crippen LogP contribution is 2.23. The molecule has 0 saturated carbocycles. The molecule has 1 heterocycles. The molecule has 0 fully saturated rings. The summed E-state index contributed by atoms with van der Waals surface area (Å²) in [5.41, 5.74) is 2.32. The summed E-state index contributed by atoms with van der Waals surface area (Å²) in [7, 11) is 3.32. The molecule has 2 rings (SSSR count). The second kappa shape index (κ2) is 5.89. The number of aromatic nitrogens is 2. The molecule has 0 radical (unpaired) electrons. The highest BCUT2D eigenvalue weighted by Gasteiger charge is 2.07. The van der Waals surface area contributed by atoms with Crippen LogP contribution in [0.25, 0.3) is 0 Å². The second-order valence-corrected chi connectivity index (χ2v) is 4.13. The standard InChI is InChI=1S/C14H15N5O/c1-9-4-5-11(6-10(9)7-15)18-14-17-8-12(20-3)13(16-2)19-14/h4-6,8H,1-3H3,(H2,16,17,18,19). The molecule has 1 aromatic carbocycles. The largest absolute Gasteiger partial charge is 0.491 e. The summed E-state index contributed by atoms with van der Waals surface area (Å²) in [5, 5.41) is 15.0. The number of benzene rings is 1. The molecule has 2 N–H and O–H groups in total. The molecular weight excluding hydrogens is 254 g/mol. The van der Waals surface area contributed by atoms with Crippen LogP contribution in [0.2, 0.25) is 0 Å². The predicted octanol–water partition coefficient (Wildman–Crippen LogP) is 2.45. The maximum absolute atomic E-state index is 9.02. The fourth-order valence-corrected chi connectivity index (χ4v) is 1.71. The number of rotatable bonds is 4. The Morgan fingerprint density at radius 3 is 2.80 bits per heavy atom. The van der Waals surface area contributed by atoms with Crippen LogP contribution in [0.15, 0.2) is 24.4 Å². The first-order chi connectivity index (χ1) is 9.67. The lowest BCUT2D eigenvalue weighted by Crippen LogP contribution is -2.03. The van der Waals surface area contributed by atoms with Crippen LogP contribution < -0.4 is 15.4 Å². The van der Waals surface area contributed by atoms with Crippen LogP contribution in [0.5, 0.6) is 5.75 Å². The van der Waals surface area contributed by atoms with Crippen LogP contribution in [0.3, 0.4) is 0 Å². The molecule has 1 aromatic heterocycles. The Labute approximate surface area is 117 Å². The maximum Gasteiger partial charge on any atom is 0.229 e. The highest BCUT2D eigenvalue weighted by atomic mass is 16.5. The van der Waals surface area contributed by atoms with E-state index in [4.69, 9.17) is 10.00 Å². The Morgan fingerprint density at radius 1 is 1.35 bits per heavy atom. The van der Waals surface area contributed by atoms with Crippen LogP contribution in [0.4, 0.5) is 17.5 Å². The molecule has 0 atom stereocenters. The van der Waals surface area contributed by atoms with Gasteiger partial charge in [-0.25, -0.2) is 4.98 Å². The Bertz CT molecular complexity index is 663. The van der Waals surface area contributed by atoms with Gasteiger partial charge in [0, 0.05) is 12.7 Å². The van der Waals surface area contributed by atoms with E-state index in [1.54, 1.807) is 26.4 Å². The molecule has 6 heteroatoms. The van der Waals surface area contributed by atoms with Gasteiger partial charge in [0.2, 0.25) is 5.95 Å². The quantitative estimate of drug-likeness (QED) is 0.887. The molecule has 20 heavy (non-hydrogen) atoms. The van der Waals surface area contributed by atoms with Crippen molar-refractivity contribution in [2.45, 2.75) is 6.92 Å². The van der Waals surface area contributed by atoms with Crippen molar-refractivity contribution < 1.29 is 4.74 Å².